The van der Waals surface area contributed by atoms with Crippen LogP contribution < -0.4 is 10.2 Å². The quantitative estimate of drug-likeness (QED) is 0.192. The second-order valence-corrected chi connectivity index (χ2v) is 8.17. The molecule has 0 saturated carbocycles. The van der Waals surface area contributed by atoms with Crippen molar-refractivity contribution in [2.45, 2.75) is 44.6 Å². The van der Waals surface area contributed by atoms with Crippen LogP contribution in [0.25, 0.3) is 22.3 Å². The van der Waals surface area contributed by atoms with E-state index in [1.54, 1.807) is 0 Å². The van der Waals surface area contributed by atoms with Gasteiger partial charge in [0, 0.05) is 24.6 Å². The number of aromatic hydroxyl groups is 5. The van der Waals surface area contributed by atoms with Crippen molar-refractivity contribution in [3.8, 4) is 45.8 Å². The second-order valence-electron chi connectivity index (χ2n) is 8.17. The number of aliphatic hydroxyl groups excluding tert-OH is 2. The normalized spacial score (nSPS) is 23.9. The van der Waals surface area contributed by atoms with Gasteiger partial charge >= 0.3 is 5.97 Å². The minimum atomic E-state index is -1.79. The van der Waals surface area contributed by atoms with E-state index in [-0.39, 0.29) is 11.1 Å². The predicted octanol–water partition coefficient (Wildman–Crippen LogP) is 0.765. The minimum absolute atomic E-state index is 0.186. The lowest BCUT2D eigenvalue weighted by Crippen LogP contribution is -2.59. The third kappa shape index (κ3) is 4.30. The van der Waals surface area contributed by atoms with E-state index in [0.717, 1.165) is 31.2 Å². The molecule has 192 valence electrons. The minimum Gasteiger partial charge on any atom is -0.508 e. The number of fused-ring (bicyclic) bond motifs is 1. The topological polar surface area (TPSA) is 217 Å². The molecule has 0 spiro atoms. The molecule has 0 amide bonds. The fourth-order valence-corrected chi connectivity index (χ4v) is 3.84. The number of carbonyl (C=O) groups is 1. The molecule has 2 aromatic carbocycles. The molecular formula is C23H22O13. The van der Waals surface area contributed by atoms with Crippen molar-refractivity contribution in [1.29, 1.82) is 0 Å². The van der Waals surface area contributed by atoms with E-state index in [2.05, 4.69) is 0 Å². The first-order chi connectivity index (χ1) is 16.9. The molecular weight excluding hydrogens is 484 g/mol. The summed E-state index contributed by atoms with van der Waals surface area (Å²) in [6.45, 7) is 2.46. The van der Waals surface area contributed by atoms with Crippen molar-refractivity contribution < 1.29 is 59.2 Å². The maximum Gasteiger partial charge on any atom is 0.303 e. The molecule has 13 heteroatoms. The molecule has 1 aliphatic heterocycles. The molecule has 7 N–H and O–H groups in total. The Hall–Kier alpha value is -4.20. The summed E-state index contributed by atoms with van der Waals surface area (Å²) in [5.74, 6) is -5.47. The maximum absolute atomic E-state index is 13.4. The lowest BCUT2D eigenvalue weighted by molar-refractivity contribution is -0.272. The standard InChI is InChI=1S/C23H22O13/c1-7-16(29)21(34-8(2)24)19(32)23(33-7)36-22-18(31)15-11(26)5-10(25)6-14(15)35-20(22)9-3-12(27)17(30)13(28)4-9/h3-7,16,19,21,23,25-30,32H,1-2H3. The Morgan fingerprint density at radius 2 is 1.58 bits per heavy atom. The van der Waals surface area contributed by atoms with Crippen LogP contribution in [-0.2, 0) is 14.3 Å². The molecule has 0 bridgehead atoms. The molecule has 2 heterocycles. The largest absolute Gasteiger partial charge is 0.508 e. The zero-order valence-corrected chi connectivity index (χ0v) is 18.8. The fraction of sp³-hybridized carbons (Fsp3) is 0.304. The summed E-state index contributed by atoms with van der Waals surface area (Å²) in [6.07, 6.45) is -7.46. The lowest BCUT2D eigenvalue weighted by Gasteiger charge is -2.40. The van der Waals surface area contributed by atoms with Crippen LogP contribution in [0.5, 0.6) is 34.5 Å². The van der Waals surface area contributed by atoms with Crippen molar-refractivity contribution >= 4 is 16.9 Å². The van der Waals surface area contributed by atoms with Crippen LogP contribution in [0.1, 0.15) is 13.8 Å². The second kappa shape index (κ2) is 9.11. The molecule has 13 nitrogen and oxygen atoms in total. The van der Waals surface area contributed by atoms with Gasteiger partial charge in [-0.15, -0.1) is 0 Å². The van der Waals surface area contributed by atoms with Gasteiger partial charge in [-0.1, -0.05) is 0 Å². The number of hydrogen-bond acceptors (Lipinski definition) is 13. The lowest BCUT2D eigenvalue weighted by atomic mass is 9.99. The highest BCUT2D eigenvalue weighted by molar-refractivity contribution is 5.88. The smallest absolute Gasteiger partial charge is 0.303 e. The number of phenolic OH excluding ortho intramolecular Hbond substituents is 5. The number of carbonyl (C=O) groups excluding carboxylic acids is 1. The Balaban J connectivity index is 1.91. The summed E-state index contributed by atoms with van der Waals surface area (Å²) in [5.41, 5.74) is -1.50. The van der Waals surface area contributed by atoms with E-state index in [1.807, 2.05) is 0 Å². The van der Waals surface area contributed by atoms with E-state index < -0.39 is 87.7 Å². The molecule has 0 radical (unpaired) electrons. The van der Waals surface area contributed by atoms with Crippen molar-refractivity contribution in [1.82, 2.24) is 0 Å². The summed E-state index contributed by atoms with van der Waals surface area (Å²) in [4.78, 5) is 24.9. The summed E-state index contributed by atoms with van der Waals surface area (Å²) in [5, 5.41) is 70.2. The molecule has 1 fully saturated rings. The molecule has 5 unspecified atom stereocenters. The highest BCUT2D eigenvalue weighted by Crippen LogP contribution is 2.43. The highest BCUT2D eigenvalue weighted by Gasteiger charge is 2.47. The van der Waals surface area contributed by atoms with Crippen LogP contribution in [0.3, 0.4) is 0 Å². The molecule has 1 saturated heterocycles. The third-order valence-electron chi connectivity index (χ3n) is 5.57. The van der Waals surface area contributed by atoms with Crippen LogP contribution in [0.4, 0.5) is 0 Å². The average Bonchev–Trinajstić information content (AvgIpc) is 2.79. The molecule has 36 heavy (non-hydrogen) atoms. The van der Waals surface area contributed by atoms with E-state index in [0.29, 0.717) is 0 Å². The van der Waals surface area contributed by atoms with Gasteiger partial charge < -0.3 is 54.4 Å². The van der Waals surface area contributed by atoms with Gasteiger partial charge in [0.2, 0.25) is 17.5 Å². The Morgan fingerprint density at radius 3 is 2.19 bits per heavy atom. The summed E-state index contributed by atoms with van der Waals surface area (Å²) >= 11 is 0. The maximum atomic E-state index is 13.4. The van der Waals surface area contributed by atoms with Gasteiger partial charge in [0.25, 0.3) is 0 Å². The Bertz CT molecular complexity index is 1370. The van der Waals surface area contributed by atoms with E-state index in [9.17, 15) is 45.3 Å². The first kappa shape index (κ1) is 24.9. The van der Waals surface area contributed by atoms with Crippen molar-refractivity contribution in [2.24, 2.45) is 0 Å². The molecule has 1 aliphatic rings. The number of ether oxygens (including phenoxy) is 3. The van der Waals surface area contributed by atoms with Gasteiger partial charge in [-0.05, 0) is 19.1 Å². The van der Waals surface area contributed by atoms with Gasteiger partial charge in [-0.25, -0.2) is 0 Å². The summed E-state index contributed by atoms with van der Waals surface area (Å²) in [7, 11) is 0. The van der Waals surface area contributed by atoms with Crippen LogP contribution in [-0.4, -0.2) is 72.4 Å². The summed E-state index contributed by atoms with van der Waals surface area (Å²) < 4.78 is 21.8. The first-order valence-corrected chi connectivity index (χ1v) is 10.5. The molecule has 5 atom stereocenters. The van der Waals surface area contributed by atoms with Gasteiger partial charge in [0.15, 0.2) is 35.2 Å². The average molecular weight is 506 g/mol. The molecule has 4 rings (SSSR count). The SMILES string of the molecule is CC(=O)OC1C(O)C(C)OC(Oc2c(-c3cc(O)c(O)c(O)c3)oc3cc(O)cc(O)c3c2=O)C1O. The molecule has 1 aromatic heterocycles. The summed E-state index contributed by atoms with van der Waals surface area (Å²) in [6, 6.07) is 3.76. The first-order valence-electron chi connectivity index (χ1n) is 10.5. The Morgan fingerprint density at radius 1 is 0.944 bits per heavy atom. The predicted molar refractivity (Wildman–Crippen MR) is 119 cm³/mol. The zero-order valence-electron chi connectivity index (χ0n) is 18.8. The number of esters is 1. The molecule has 3 aromatic rings. The number of hydrogen-bond donors (Lipinski definition) is 7. The van der Waals surface area contributed by atoms with E-state index in [4.69, 9.17) is 18.6 Å². The van der Waals surface area contributed by atoms with Gasteiger partial charge in [0.1, 0.15) is 28.6 Å². The third-order valence-corrected chi connectivity index (χ3v) is 5.57. The van der Waals surface area contributed by atoms with Crippen LogP contribution in [0.15, 0.2) is 33.5 Å². The van der Waals surface area contributed by atoms with Crippen LogP contribution in [0, 0.1) is 0 Å². The van der Waals surface area contributed by atoms with Crippen molar-refractivity contribution in [3.63, 3.8) is 0 Å². The van der Waals surface area contributed by atoms with Crippen molar-refractivity contribution in [3.05, 3.63) is 34.5 Å². The number of benzene rings is 2. The molecule has 0 aliphatic carbocycles. The number of rotatable bonds is 4. The van der Waals surface area contributed by atoms with Crippen LogP contribution in [0.2, 0.25) is 0 Å². The highest BCUT2D eigenvalue weighted by atomic mass is 16.7. The van der Waals surface area contributed by atoms with Crippen molar-refractivity contribution in [2.75, 3.05) is 0 Å². The van der Waals surface area contributed by atoms with E-state index >= 15 is 0 Å². The van der Waals surface area contributed by atoms with Gasteiger partial charge in [-0.2, -0.15) is 0 Å². The van der Waals surface area contributed by atoms with E-state index in [1.165, 1.54) is 6.92 Å². The van der Waals surface area contributed by atoms with Crippen LogP contribution >= 0.6 is 0 Å². The fourth-order valence-electron chi connectivity index (χ4n) is 3.84. The monoisotopic (exact) mass is 506 g/mol. The number of aliphatic hydroxyl groups is 2. The number of phenols is 5. The Labute approximate surface area is 201 Å². The van der Waals surface area contributed by atoms with Gasteiger partial charge in [-0.3, -0.25) is 9.59 Å². The van der Waals surface area contributed by atoms with Gasteiger partial charge in [0.05, 0.1) is 6.10 Å². The Kier molecular flexibility index (Phi) is 6.30. The zero-order chi connectivity index (χ0) is 26.5.